The van der Waals surface area contributed by atoms with E-state index in [0.29, 0.717) is 23.3 Å². The Hall–Kier alpha value is -17.6. The Morgan fingerprint density at radius 3 is 0.761 bits per heavy atom. The summed E-state index contributed by atoms with van der Waals surface area (Å²) in [5.41, 5.74) is 16.0. The molecule has 10 nitrogen and oxygen atoms in total. The van der Waals surface area contributed by atoms with Gasteiger partial charge in [-0.05, 0) is 151 Å². The number of pyridine rings is 2. The molecule has 0 fully saturated rings. The van der Waals surface area contributed by atoms with Gasteiger partial charge in [0.15, 0.2) is 47.5 Å². The molecule has 0 aliphatic carbocycles. The summed E-state index contributed by atoms with van der Waals surface area (Å²) >= 11 is 0. The molecule has 0 spiro atoms. The topological polar surface area (TPSA) is 118 Å². The molecule has 7 heterocycles. The highest BCUT2D eigenvalue weighted by atomic mass is 28.3. The number of fused-ring (bicyclic) bond motifs is 6. The number of aromatic nitrogens is 7. The summed E-state index contributed by atoms with van der Waals surface area (Å²) in [7, 11) is -8.28. The zero-order chi connectivity index (χ0) is 92.0. The van der Waals surface area contributed by atoms with E-state index in [1.165, 1.54) is 62.2 Å². The summed E-state index contributed by atoms with van der Waals surface area (Å²) in [6.07, 6.45) is 7.46. The van der Waals surface area contributed by atoms with Gasteiger partial charge < -0.3 is 14.2 Å². The third-order valence-electron chi connectivity index (χ3n) is 26.5. The largest absolute Gasteiger partial charge is 0.457 e. The van der Waals surface area contributed by atoms with Crippen LogP contribution < -0.4 is 76.5 Å². The molecule has 0 radical (unpaired) electrons. The van der Waals surface area contributed by atoms with Crippen molar-refractivity contribution in [2.45, 2.75) is 0 Å². The average molecular weight is 1820 g/mol. The smallest absolute Gasteiger partial charge is 0.188 e. The minimum Gasteiger partial charge on any atom is -0.457 e. The number of hydrogen-bond acceptors (Lipinski definition) is 10. The van der Waals surface area contributed by atoms with Crippen LogP contribution in [0.25, 0.3) is 113 Å². The van der Waals surface area contributed by atoms with Crippen molar-refractivity contribution >= 4 is 86.5 Å². The van der Waals surface area contributed by atoms with E-state index >= 15 is 0 Å². The van der Waals surface area contributed by atoms with Crippen molar-refractivity contribution in [2.24, 2.45) is 0 Å². The van der Waals surface area contributed by atoms with Crippen molar-refractivity contribution in [1.82, 2.24) is 34.9 Å². The lowest BCUT2D eigenvalue weighted by Crippen LogP contribution is -2.76. The predicted molar refractivity (Wildman–Crippen MR) is 569 cm³/mol. The highest BCUT2D eigenvalue weighted by Gasteiger charge is 2.52. The normalized spacial score (nSPS) is 12.8. The van der Waals surface area contributed by atoms with E-state index in [9.17, 15) is 0 Å². The van der Waals surface area contributed by atoms with Gasteiger partial charge in [-0.25, -0.2) is 24.9 Å². The lowest BCUT2D eigenvalue weighted by atomic mass is 9.94. The molecule has 22 aromatic rings. The molecule has 13 heteroatoms. The maximum absolute atomic E-state index is 6.96. The van der Waals surface area contributed by atoms with Gasteiger partial charge in [0.1, 0.15) is 34.5 Å². The molecular weight excluding hydrogens is 1730 g/mol. The van der Waals surface area contributed by atoms with Gasteiger partial charge in [-0.15, -0.1) is 0 Å². The van der Waals surface area contributed by atoms with Crippen molar-refractivity contribution in [3.8, 4) is 147 Å². The molecule has 0 saturated heterocycles. The van der Waals surface area contributed by atoms with E-state index in [4.69, 9.17) is 39.1 Å². The van der Waals surface area contributed by atoms with Crippen LogP contribution in [0.4, 0.5) is 0 Å². The summed E-state index contributed by atoms with van der Waals surface area (Å²) in [6.45, 7) is 0. The van der Waals surface area contributed by atoms with Gasteiger partial charge in [0, 0.05) is 74.9 Å². The second-order valence-corrected chi connectivity index (χ2v) is 45.6. The molecule has 3 aliphatic rings. The van der Waals surface area contributed by atoms with Crippen LogP contribution in [0.5, 0.6) is 34.5 Å². The van der Waals surface area contributed by atoms with Crippen molar-refractivity contribution in [2.75, 3.05) is 0 Å². The molecule has 138 heavy (non-hydrogen) atoms. The van der Waals surface area contributed by atoms with Crippen molar-refractivity contribution in [3.63, 3.8) is 0 Å². The Kier molecular flexibility index (Phi) is 23.0. The molecule has 0 atom stereocenters. The van der Waals surface area contributed by atoms with Crippen LogP contribution in [0.1, 0.15) is 0 Å². The van der Waals surface area contributed by atoms with Crippen molar-refractivity contribution in [1.29, 1.82) is 0 Å². The lowest BCUT2D eigenvalue weighted by Gasteiger charge is -2.40. The molecule has 0 unspecified atom stereocenters. The van der Waals surface area contributed by atoms with Crippen LogP contribution in [-0.2, 0) is 0 Å². The fourth-order valence-corrected chi connectivity index (χ4v) is 35.3. The van der Waals surface area contributed by atoms with E-state index in [1.807, 2.05) is 134 Å². The summed E-state index contributed by atoms with van der Waals surface area (Å²) in [5, 5.41) is 15.4. The third kappa shape index (κ3) is 15.6. The van der Waals surface area contributed by atoms with Crippen LogP contribution in [-0.4, -0.2) is 59.1 Å². The summed E-state index contributed by atoms with van der Waals surface area (Å²) in [5.74, 6) is 7.89. The van der Waals surface area contributed by atoms with Gasteiger partial charge in [0.2, 0.25) is 0 Å². The average Bonchev–Trinajstić information content (AvgIpc) is 0.710. The minimum atomic E-state index is -2.78. The molecule has 25 rings (SSSR count). The maximum atomic E-state index is 6.96. The first-order valence-corrected chi connectivity index (χ1v) is 52.4. The van der Waals surface area contributed by atoms with E-state index in [2.05, 4.69) is 404 Å². The number of benzene rings is 18. The molecule has 0 bridgehead atoms. The van der Waals surface area contributed by atoms with Crippen LogP contribution in [0.15, 0.2) is 528 Å². The maximum Gasteiger partial charge on any atom is 0.188 e. The molecule has 0 amide bonds. The molecule has 3 aliphatic heterocycles. The number of hydrogen-bond donors (Lipinski definition) is 0. The number of ether oxygens (including phenoxy) is 3. The predicted octanol–water partition coefficient (Wildman–Crippen LogP) is 21.9. The number of rotatable bonds is 16. The SMILES string of the molecule is c1ccc(-c2cc(-c3ccccc3)nc(-c3cccc4c3Oc3ccccc3[Si]4(c3ccccc3)c3ccccc3)n2)cc1.c1ccc(-c2nc(-c3ccccc3)nc(-c3cccc(-c4cccc5c4Oc4ccccc4[Si]5(c4ccccc4)c4ccccc4)c3)n2)cc1.c1ccc([Si]2(c3ccccc3)c3ccccc3Oc3c(-c4cc(-c5cccnc5)cc(-c5cccnc5)c4)cccc32)cc1. The third-order valence-corrected chi connectivity index (χ3v) is 40.9. The first-order valence-electron chi connectivity index (χ1n) is 46.4. The lowest BCUT2D eigenvalue weighted by molar-refractivity contribution is 0.488. The Morgan fingerprint density at radius 1 is 0.159 bits per heavy atom. The Morgan fingerprint density at radius 2 is 0.413 bits per heavy atom. The Bertz CT molecular complexity index is 7540. The summed E-state index contributed by atoms with van der Waals surface area (Å²) in [6, 6.07) is 178. The van der Waals surface area contributed by atoms with Gasteiger partial charge in [-0.1, -0.05) is 437 Å². The fraction of sp³-hybridized carbons (Fsp3) is 0. The van der Waals surface area contributed by atoms with Crippen LogP contribution in [0, 0.1) is 0 Å². The van der Waals surface area contributed by atoms with E-state index in [1.54, 1.807) is 0 Å². The number of nitrogens with zero attached hydrogens (tertiary/aromatic N) is 7. The Labute approximate surface area is 805 Å². The van der Waals surface area contributed by atoms with Gasteiger partial charge in [0.05, 0.1) is 17.0 Å². The van der Waals surface area contributed by atoms with Crippen molar-refractivity contribution in [3.05, 3.63) is 528 Å². The quantitative estimate of drug-likeness (QED) is 0.0866. The van der Waals surface area contributed by atoms with Gasteiger partial charge in [-0.3, -0.25) is 9.97 Å². The first kappa shape index (κ1) is 84.6. The molecule has 0 N–H and O–H groups in total. The van der Waals surface area contributed by atoms with E-state index in [-0.39, 0.29) is 0 Å². The second-order valence-electron chi connectivity index (χ2n) is 34.4. The van der Waals surface area contributed by atoms with Gasteiger partial charge in [-0.2, -0.15) is 0 Å². The summed E-state index contributed by atoms with van der Waals surface area (Å²) < 4.78 is 20.8. The molecule has 4 aromatic heterocycles. The molecule has 18 aromatic carbocycles. The van der Waals surface area contributed by atoms with Gasteiger partial charge in [0.25, 0.3) is 0 Å². The van der Waals surface area contributed by atoms with E-state index < -0.39 is 24.2 Å². The fourth-order valence-electron chi connectivity index (χ4n) is 20.3. The zero-order valence-corrected chi connectivity index (χ0v) is 78.1. The highest BCUT2D eigenvalue weighted by molar-refractivity contribution is 7.22. The van der Waals surface area contributed by atoms with Crippen LogP contribution in [0.3, 0.4) is 0 Å². The zero-order valence-electron chi connectivity index (χ0n) is 75.1. The first-order chi connectivity index (χ1) is 68.4. The molecule has 0 saturated carbocycles. The van der Waals surface area contributed by atoms with Crippen LogP contribution >= 0.6 is 0 Å². The van der Waals surface area contributed by atoms with E-state index in [0.717, 1.165) is 124 Å². The van der Waals surface area contributed by atoms with Crippen molar-refractivity contribution < 1.29 is 14.2 Å². The minimum absolute atomic E-state index is 0.618. The summed E-state index contributed by atoms with van der Waals surface area (Å²) in [4.78, 5) is 34.1. The standard InChI is InChI=1S/C45H31N3OSi.2C40H28N2OSi/c1-5-17-32(18-6-1)43-46-44(33-19-7-2-8-20-33)48-45(47-43)35-22-15-21-34(31-35)38-27-16-30-41-42(38)49-39-28-13-14-29-40(39)50(41,36-23-9-3-10-24-36)37-25-11-4-12-26-37;1-5-16-29(17-6-1)34-28-35(30-18-7-2-8-19-30)42-40(41-34)33-24-15-27-38-39(33)43-36-25-13-14-26-37(36)44(38,31-20-9-3-10-21-31)32-22-11-4-12-23-32;1-3-14-34(15-4-1)44(35-16-5-2-6-17-35)38-20-8-7-19-37(38)43-40-36(18-9-21-39(40)44)33-25-31(29-12-10-22-41-27-29)24-32(26-33)30-13-11-23-42-28-30/h1-31H;2*1-28H. The molecule has 652 valence electrons. The highest BCUT2D eigenvalue weighted by Crippen LogP contribution is 2.44. The monoisotopic (exact) mass is 1820 g/mol. The second kappa shape index (κ2) is 37.5. The Balaban J connectivity index is 0.000000116. The van der Waals surface area contributed by atoms with Gasteiger partial charge >= 0.3 is 0 Å². The molecular formula is C125H87N7O3Si3. The van der Waals surface area contributed by atoms with Crippen LogP contribution in [0.2, 0.25) is 0 Å². The number of para-hydroxylation sites is 6.